The minimum Gasteiger partial charge on any atom is -0.497 e. The number of hydrogen-bond acceptors (Lipinski definition) is 11. The average molecular weight is 835 g/mol. The monoisotopic (exact) mass is 834 g/mol. The van der Waals surface area contributed by atoms with Crippen LogP contribution in [-0.2, 0) is 30.2 Å². The van der Waals surface area contributed by atoms with E-state index in [-0.39, 0.29) is 54.4 Å². The number of carboxylic acid groups (broad SMARTS) is 2. The molecule has 5 N–H and O–H groups in total. The molecule has 20 heteroatoms. The molecule has 1 aromatic heterocycles. The zero-order valence-electron chi connectivity index (χ0n) is 32.6. The van der Waals surface area contributed by atoms with Crippen LogP contribution in [0.25, 0.3) is 11.3 Å². The lowest BCUT2D eigenvalue weighted by Crippen LogP contribution is -2.49. The number of nitrogens with one attached hydrogen (secondary N) is 3. The van der Waals surface area contributed by atoms with E-state index in [0.29, 0.717) is 29.5 Å². The molecule has 3 aromatic rings. The van der Waals surface area contributed by atoms with Crippen LogP contribution in [0.1, 0.15) is 96.1 Å². The van der Waals surface area contributed by atoms with Crippen molar-refractivity contribution < 1.29 is 75.7 Å². The lowest BCUT2D eigenvalue weighted by Gasteiger charge is -2.32. The van der Waals surface area contributed by atoms with E-state index in [1.54, 1.807) is 13.8 Å². The van der Waals surface area contributed by atoms with Gasteiger partial charge in [-0.25, -0.2) is 9.59 Å². The Labute approximate surface area is 336 Å². The van der Waals surface area contributed by atoms with Gasteiger partial charge in [-0.1, -0.05) is 39.2 Å². The Hall–Kier alpha value is -6.60. The number of nitrogens with zero attached hydrogens (tertiary/aromatic N) is 1. The molecule has 1 heterocycles. The third-order valence-corrected chi connectivity index (χ3v) is 8.84. The number of alkyl halides is 3. The molecule has 17 nitrogen and oxygen atoms in total. The minimum absolute atomic E-state index is 0.0145. The van der Waals surface area contributed by atoms with Crippen molar-refractivity contribution in [2.75, 3.05) is 20.4 Å². The fourth-order valence-electron chi connectivity index (χ4n) is 5.92. The predicted molar refractivity (Wildman–Crippen MR) is 200 cm³/mol. The number of hydroxylamine groups is 2. The maximum Gasteiger partial charge on any atom is 0.417 e. The fraction of sp³-hybridized carbons (Fsp3) is 0.410. The number of aliphatic carboxylic acids is 2. The van der Waals surface area contributed by atoms with Crippen molar-refractivity contribution in [3.05, 3.63) is 71.0 Å². The number of unbranched alkanes of at least 4 members (excludes halogenated alkanes) is 2. The number of amides is 4. The third-order valence-electron chi connectivity index (χ3n) is 8.84. The standard InChI is InChI=1S/C39H45F3N4O13/c1-5-8-9-10-25(29(6-2)46(21-47)59-38(55)24-14-12-23(56-4)18-27(24)39(40,41)42)34(50)43-20-44-36(52)31-16-15-30(58-31)22-11-13-26(32(17-22)57-7-3)35(51)45-28(37(53)54)19-33(48)49/h11-18,21,25,28-29H,5-10,19-20H2,1-4H3,(H,43,50)(H,44,52)(H,45,51)(H,48,49)(H,53,54)/t25-,28+,29-/m1/s1. The van der Waals surface area contributed by atoms with Gasteiger partial charge < -0.3 is 44.9 Å². The maximum atomic E-state index is 13.8. The van der Waals surface area contributed by atoms with Crippen molar-refractivity contribution >= 4 is 42.0 Å². The molecule has 0 aliphatic carbocycles. The Morgan fingerprint density at radius 3 is 2.22 bits per heavy atom. The molecule has 3 rings (SSSR count). The molecule has 0 fully saturated rings. The summed E-state index contributed by atoms with van der Waals surface area (Å²) in [5.74, 6) is -7.98. The molecule has 0 spiro atoms. The number of carbonyl (C=O) groups excluding carboxylic acids is 5. The van der Waals surface area contributed by atoms with Gasteiger partial charge in [0.1, 0.15) is 23.3 Å². The first kappa shape index (κ1) is 46.8. The van der Waals surface area contributed by atoms with E-state index in [1.165, 1.54) is 30.3 Å². The number of carboxylic acids is 2. The quantitative estimate of drug-likeness (QED) is 0.0365. The van der Waals surface area contributed by atoms with E-state index in [2.05, 4.69) is 16.0 Å². The first-order valence-corrected chi connectivity index (χ1v) is 18.4. The molecule has 4 amide bonds. The van der Waals surface area contributed by atoms with Crippen LogP contribution < -0.4 is 25.4 Å². The largest absolute Gasteiger partial charge is 0.497 e. The van der Waals surface area contributed by atoms with Crippen LogP contribution in [0.15, 0.2) is 52.9 Å². The highest BCUT2D eigenvalue weighted by molar-refractivity contribution is 6.00. The summed E-state index contributed by atoms with van der Waals surface area (Å²) in [7, 11) is 1.15. The van der Waals surface area contributed by atoms with Crippen molar-refractivity contribution in [1.82, 2.24) is 21.0 Å². The number of carbonyl (C=O) groups is 7. The molecule has 3 atom stereocenters. The Bertz CT molecular complexity index is 1980. The average Bonchev–Trinajstić information content (AvgIpc) is 3.69. The molecule has 59 heavy (non-hydrogen) atoms. The number of rotatable bonds is 23. The van der Waals surface area contributed by atoms with Crippen molar-refractivity contribution in [2.24, 2.45) is 5.92 Å². The summed E-state index contributed by atoms with van der Waals surface area (Å²) in [5.41, 5.74) is -1.97. The summed E-state index contributed by atoms with van der Waals surface area (Å²) < 4.78 is 57.5. The van der Waals surface area contributed by atoms with E-state index in [1.807, 2.05) is 6.92 Å². The third kappa shape index (κ3) is 13.0. The highest BCUT2D eigenvalue weighted by atomic mass is 19.4. The van der Waals surface area contributed by atoms with Crippen LogP contribution in [-0.4, -0.2) is 89.8 Å². The lowest BCUT2D eigenvalue weighted by molar-refractivity contribution is -0.171. The molecule has 320 valence electrons. The van der Waals surface area contributed by atoms with E-state index >= 15 is 0 Å². The van der Waals surface area contributed by atoms with Gasteiger partial charge in [-0.2, -0.15) is 18.2 Å². The topological polar surface area (TPSA) is 240 Å². The molecule has 0 saturated heterocycles. The van der Waals surface area contributed by atoms with Crippen LogP contribution in [0.2, 0.25) is 0 Å². The lowest BCUT2D eigenvalue weighted by atomic mass is 9.90. The van der Waals surface area contributed by atoms with Crippen LogP contribution >= 0.6 is 0 Å². The number of halogens is 3. The summed E-state index contributed by atoms with van der Waals surface area (Å²) in [6.07, 6.45) is -3.50. The molecule has 0 aliphatic rings. The van der Waals surface area contributed by atoms with Gasteiger partial charge in [-0.3, -0.25) is 24.0 Å². The van der Waals surface area contributed by atoms with Crippen molar-refractivity contribution in [3.63, 3.8) is 0 Å². The summed E-state index contributed by atoms with van der Waals surface area (Å²) >= 11 is 0. The highest BCUT2D eigenvalue weighted by Crippen LogP contribution is 2.35. The summed E-state index contributed by atoms with van der Waals surface area (Å²) in [5, 5.41) is 26.0. The fourth-order valence-corrected chi connectivity index (χ4v) is 5.92. The Morgan fingerprint density at radius 2 is 1.63 bits per heavy atom. The van der Waals surface area contributed by atoms with Gasteiger partial charge in [0.05, 0.1) is 55.5 Å². The van der Waals surface area contributed by atoms with E-state index in [9.17, 15) is 51.8 Å². The maximum absolute atomic E-state index is 13.8. The first-order valence-electron chi connectivity index (χ1n) is 18.4. The van der Waals surface area contributed by atoms with Gasteiger partial charge >= 0.3 is 24.1 Å². The number of benzene rings is 2. The molecular formula is C39H45F3N4O13. The summed E-state index contributed by atoms with van der Waals surface area (Å²) in [6, 6.07) is 6.71. The van der Waals surface area contributed by atoms with Crippen LogP contribution in [0.5, 0.6) is 11.5 Å². The number of ether oxygens (including phenoxy) is 2. The second-order valence-electron chi connectivity index (χ2n) is 12.8. The smallest absolute Gasteiger partial charge is 0.417 e. The highest BCUT2D eigenvalue weighted by Gasteiger charge is 2.39. The van der Waals surface area contributed by atoms with Gasteiger partial charge in [0.2, 0.25) is 12.3 Å². The van der Waals surface area contributed by atoms with E-state index in [4.69, 9.17) is 23.8 Å². The van der Waals surface area contributed by atoms with Gasteiger partial charge in [-0.05, 0) is 62.2 Å². The second kappa shape index (κ2) is 21.8. The van der Waals surface area contributed by atoms with Crippen molar-refractivity contribution in [2.45, 2.75) is 77.6 Å². The molecule has 0 bridgehead atoms. The molecule has 0 saturated carbocycles. The van der Waals surface area contributed by atoms with Gasteiger partial charge in [0.25, 0.3) is 11.8 Å². The normalized spacial score (nSPS) is 12.6. The Kier molecular flexibility index (Phi) is 17.3. The van der Waals surface area contributed by atoms with Crippen molar-refractivity contribution in [1.29, 1.82) is 0 Å². The Morgan fingerprint density at radius 1 is 0.915 bits per heavy atom. The van der Waals surface area contributed by atoms with Gasteiger partial charge in [0, 0.05) is 5.56 Å². The number of hydrogen-bond donors (Lipinski definition) is 5. The van der Waals surface area contributed by atoms with Crippen molar-refractivity contribution in [3.8, 4) is 22.8 Å². The van der Waals surface area contributed by atoms with Gasteiger partial charge in [-0.15, -0.1) is 0 Å². The van der Waals surface area contributed by atoms with Gasteiger partial charge in [0.15, 0.2) is 5.76 Å². The predicted octanol–water partition coefficient (Wildman–Crippen LogP) is 5.04. The number of methoxy groups -OCH3 is 1. The summed E-state index contributed by atoms with van der Waals surface area (Å²) in [4.78, 5) is 92.3. The Balaban J connectivity index is 1.73. The second-order valence-corrected chi connectivity index (χ2v) is 12.8. The molecule has 2 aromatic carbocycles. The molecule has 0 radical (unpaired) electrons. The zero-order valence-corrected chi connectivity index (χ0v) is 32.6. The SMILES string of the molecule is CCCCC[C@@H](C(=O)NCNC(=O)c1ccc(-c2ccc(C(=O)N[C@@H](CC(=O)O)C(=O)O)c(OCC)c2)o1)[C@@H](CC)N(C=O)OC(=O)c1ccc(OC)cc1C(F)(F)F. The molecular weight excluding hydrogens is 789 g/mol. The zero-order chi connectivity index (χ0) is 43.9. The molecule has 0 aliphatic heterocycles. The summed E-state index contributed by atoms with van der Waals surface area (Å²) in [6.45, 7) is 4.83. The van der Waals surface area contributed by atoms with E-state index < -0.39 is 84.0 Å². The minimum atomic E-state index is -4.97. The first-order chi connectivity index (χ1) is 28.0. The number of furan rings is 1. The van der Waals surface area contributed by atoms with Crippen LogP contribution in [0, 0.1) is 5.92 Å². The molecule has 0 unspecified atom stereocenters. The van der Waals surface area contributed by atoms with Crippen LogP contribution in [0.3, 0.4) is 0 Å². The van der Waals surface area contributed by atoms with Crippen LogP contribution in [0.4, 0.5) is 13.2 Å². The van der Waals surface area contributed by atoms with E-state index in [0.717, 1.165) is 25.7 Å².